The van der Waals surface area contributed by atoms with Gasteiger partial charge >= 0.3 is 6.18 Å². The highest BCUT2D eigenvalue weighted by molar-refractivity contribution is 6.46. The van der Waals surface area contributed by atoms with Crippen molar-refractivity contribution in [3.05, 3.63) is 106 Å². The van der Waals surface area contributed by atoms with Gasteiger partial charge in [-0.05, 0) is 66.4 Å². The van der Waals surface area contributed by atoms with Gasteiger partial charge in [0.1, 0.15) is 11.5 Å². The molecule has 3 aromatic rings. The van der Waals surface area contributed by atoms with E-state index >= 15 is 0 Å². The molecule has 1 aliphatic rings. The van der Waals surface area contributed by atoms with E-state index in [0.717, 1.165) is 23.3 Å². The monoisotopic (exact) mass is 495 g/mol. The number of aliphatic hydroxyl groups excluding tert-OH is 1. The Morgan fingerprint density at radius 3 is 2.28 bits per heavy atom. The number of alkyl halides is 3. The first-order valence-corrected chi connectivity index (χ1v) is 11.2. The smallest absolute Gasteiger partial charge is 0.416 e. The predicted molar refractivity (Wildman–Crippen MR) is 128 cm³/mol. The van der Waals surface area contributed by atoms with Crippen molar-refractivity contribution >= 4 is 17.4 Å². The number of benzene rings is 3. The molecule has 1 fully saturated rings. The number of halogens is 3. The summed E-state index contributed by atoms with van der Waals surface area (Å²) < 4.78 is 45.0. The minimum atomic E-state index is -4.55. The maximum absolute atomic E-state index is 13.3. The molecule has 1 heterocycles. The third-order valence-electron chi connectivity index (χ3n) is 6.36. The number of rotatable bonds is 5. The molecule has 3 aromatic carbocycles. The van der Waals surface area contributed by atoms with Gasteiger partial charge in [-0.25, -0.2) is 0 Å². The van der Waals surface area contributed by atoms with Crippen LogP contribution < -0.4 is 4.74 Å². The average Bonchev–Trinajstić information content (AvgIpc) is 3.10. The molecule has 186 valence electrons. The van der Waals surface area contributed by atoms with Crippen molar-refractivity contribution in [2.45, 2.75) is 32.6 Å². The molecule has 0 aliphatic carbocycles. The lowest BCUT2D eigenvalue weighted by Crippen LogP contribution is -2.29. The number of likely N-dealkylation sites (tertiary alicyclic amines) is 1. The summed E-state index contributed by atoms with van der Waals surface area (Å²) in [4.78, 5) is 27.5. The number of amides is 1. The van der Waals surface area contributed by atoms with Gasteiger partial charge in [-0.15, -0.1) is 0 Å². The van der Waals surface area contributed by atoms with E-state index in [0.29, 0.717) is 16.9 Å². The number of ether oxygens (including phenoxy) is 1. The van der Waals surface area contributed by atoms with Crippen molar-refractivity contribution in [2.75, 3.05) is 7.11 Å². The summed E-state index contributed by atoms with van der Waals surface area (Å²) in [5.41, 5.74) is 1.98. The molecule has 0 aromatic heterocycles. The summed E-state index contributed by atoms with van der Waals surface area (Å²) in [6.07, 6.45) is -4.55. The Kier molecular flexibility index (Phi) is 6.63. The number of carbonyl (C=O) groups excluding carboxylic acids is 2. The largest absolute Gasteiger partial charge is 0.507 e. The van der Waals surface area contributed by atoms with Crippen LogP contribution in [0.5, 0.6) is 5.75 Å². The quantitative estimate of drug-likeness (QED) is 0.270. The third-order valence-corrected chi connectivity index (χ3v) is 6.36. The van der Waals surface area contributed by atoms with E-state index in [4.69, 9.17) is 4.74 Å². The van der Waals surface area contributed by atoms with Crippen molar-refractivity contribution in [3.8, 4) is 5.75 Å². The molecule has 0 spiro atoms. The maximum atomic E-state index is 13.3. The first-order chi connectivity index (χ1) is 17.0. The highest BCUT2D eigenvalue weighted by atomic mass is 19.4. The predicted octanol–water partition coefficient (Wildman–Crippen LogP) is 5.95. The second kappa shape index (κ2) is 9.53. The highest BCUT2D eigenvalue weighted by Crippen LogP contribution is 2.41. The number of aliphatic hydroxyl groups is 1. The zero-order valence-electron chi connectivity index (χ0n) is 19.9. The fourth-order valence-corrected chi connectivity index (χ4v) is 4.26. The van der Waals surface area contributed by atoms with Crippen molar-refractivity contribution in [3.63, 3.8) is 0 Å². The number of aryl methyl sites for hydroxylation is 2. The number of carbonyl (C=O) groups is 2. The van der Waals surface area contributed by atoms with Crippen LogP contribution in [0.1, 0.15) is 39.4 Å². The first kappa shape index (κ1) is 25.0. The minimum Gasteiger partial charge on any atom is -0.507 e. The Balaban J connectivity index is 1.85. The molecule has 0 radical (unpaired) electrons. The lowest BCUT2D eigenvalue weighted by Gasteiger charge is -2.26. The minimum absolute atomic E-state index is 0.125. The van der Waals surface area contributed by atoms with Crippen molar-refractivity contribution in [1.82, 2.24) is 4.90 Å². The van der Waals surface area contributed by atoms with E-state index in [1.807, 2.05) is 13.8 Å². The molecular weight excluding hydrogens is 471 g/mol. The van der Waals surface area contributed by atoms with Crippen molar-refractivity contribution in [1.29, 1.82) is 0 Å². The Hall–Kier alpha value is -4.07. The summed E-state index contributed by atoms with van der Waals surface area (Å²) in [7, 11) is 1.49. The Bertz CT molecular complexity index is 1360. The highest BCUT2D eigenvalue weighted by Gasteiger charge is 2.46. The van der Waals surface area contributed by atoms with Crippen LogP contribution in [0.25, 0.3) is 5.76 Å². The Morgan fingerprint density at radius 2 is 1.67 bits per heavy atom. The SMILES string of the molecule is COc1ccc(C2/C(=C(\O)c3ccc(C)c(C)c3)C(=O)C(=O)N2Cc2cccc(C(F)(F)F)c2)cc1. The summed E-state index contributed by atoms with van der Waals surface area (Å²) >= 11 is 0. The van der Waals surface area contributed by atoms with E-state index in [1.165, 1.54) is 24.1 Å². The fraction of sp³-hybridized carbons (Fsp3) is 0.214. The second-order valence-electron chi connectivity index (χ2n) is 8.70. The van der Waals surface area contributed by atoms with Gasteiger partial charge in [-0.1, -0.05) is 36.4 Å². The zero-order valence-corrected chi connectivity index (χ0v) is 19.9. The summed E-state index contributed by atoms with van der Waals surface area (Å²) in [5.74, 6) is -1.61. The molecule has 36 heavy (non-hydrogen) atoms. The lowest BCUT2D eigenvalue weighted by atomic mass is 9.94. The van der Waals surface area contributed by atoms with Gasteiger partial charge in [-0.2, -0.15) is 13.2 Å². The number of ketones is 1. The maximum Gasteiger partial charge on any atom is 0.416 e. The Labute approximate surface area is 206 Å². The van der Waals surface area contributed by atoms with Crippen LogP contribution in [-0.2, 0) is 22.3 Å². The molecule has 4 rings (SSSR count). The molecule has 5 nitrogen and oxygen atoms in total. The number of hydrogen-bond acceptors (Lipinski definition) is 4. The standard InChI is InChI=1S/C28H24F3NO4/c1-16-7-8-20(13-17(16)2)25(33)23-24(19-9-11-22(36-3)12-10-19)32(27(35)26(23)34)15-18-5-4-6-21(14-18)28(29,30)31/h4-14,24,33H,15H2,1-3H3/b25-23+. The summed E-state index contributed by atoms with van der Waals surface area (Å²) in [5, 5.41) is 11.2. The molecule has 0 saturated carbocycles. The third kappa shape index (κ3) is 4.71. The van der Waals surface area contributed by atoms with E-state index in [-0.39, 0.29) is 23.4 Å². The van der Waals surface area contributed by atoms with Crippen LogP contribution in [0.15, 0.2) is 72.3 Å². The summed E-state index contributed by atoms with van der Waals surface area (Å²) in [6.45, 7) is 3.51. The molecule has 8 heteroatoms. The molecule has 1 amide bonds. The molecular formula is C28H24F3NO4. The van der Waals surface area contributed by atoms with E-state index in [9.17, 15) is 27.9 Å². The number of hydrogen-bond donors (Lipinski definition) is 1. The van der Waals surface area contributed by atoms with Gasteiger partial charge in [0.05, 0.1) is 24.3 Å². The number of methoxy groups -OCH3 is 1. The van der Waals surface area contributed by atoms with Gasteiger partial charge in [-0.3, -0.25) is 9.59 Å². The molecule has 1 N–H and O–H groups in total. The second-order valence-corrected chi connectivity index (χ2v) is 8.70. The first-order valence-electron chi connectivity index (χ1n) is 11.2. The van der Waals surface area contributed by atoms with Crippen LogP contribution in [0.4, 0.5) is 13.2 Å². The van der Waals surface area contributed by atoms with Gasteiger partial charge in [0.2, 0.25) is 0 Å². The normalized spacial score (nSPS) is 17.5. The van der Waals surface area contributed by atoms with E-state index in [1.54, 1.807) is 42.5 Å². The fourth-order valence-electron chi connectivity index (χ4n) is 4.26. The molecule has 1 unspecified atom stereocenters. The molecule has 1 atom stereocenters. The lowest BCUT2D eigenvalue weighted by molar-refractivity contribution is -0.140. The van der Waals surface area contributed by atoms with Crippen LogP contribution >= 0.6 is 0 Å². The van der Waals surface area contributed by atoms with Crippen LogP contribution in [-0.4, -0.2) is 28.8 Å². The van der Waals surface area contributed by atoms with E-state index in [2.05, 4.69) is 0 Å². The van der Waals surface area contributed by atoms with Crippen LogP contribution in [0.3, 0.4) is 0 Å². The topological polar surface area (TPSA) is 66.8 Å². The van der Waals surface area contributed by atoms with Gasteiger partial charge in [0.25, 0.3) is 11.7 Å². The number of Topliss-reactive ketones (excluding diaryl/α,β-unsaturated/α-hetero) is 1. The van der Waals surface area contributed by atoms with Gasteiger partial charge in [0.15, 0.2) is 0 Å². The van der Waals surface area contributed by atoms with Gasteiger partial charge < -0.3 is 14.7 Å². The van der Waals surface area contributed by atoms with Gasteiger partial charge in [0, 0.05) is 12.1 Å². The van der Waals surface area contributed by atoms with Crippen molar-refractivity contribution in [2.24, 2.45) is 0 Å². The van der Waals surface area contributed by atoms with Crippen molar-refractivity contribution < 1.29 is 32.6 Å². The Morgan fingerprint density at radius 1 is 0.972 bits per heavy atom. The molecule has 1 saturated heterocycles. The zero-order chi connectivity index (χ0) is 26.2. The summed E-state index contributed by atoms with van der Waals surface area (Å²) in [6, 6.07) is 15.4. The average molecular weight is 495 g/mol. The van der Waals surface area contributed by atoms with E-state index < -0.39 is 29.5 Å². The molecule has 1 aliphatic heterocycles. The van der Waals surface area contributed by atoms with Crippen LogP contribution in [0, 0.1) is 13.8 Å². The van der Waals surface area contributed by atoms with Crippen LogP contribution in [0.2, 0.25) is 0 Å². The number of nitrogens with zero attached hydrogens (tertiary/aromatic N) is 1. The molecule has 0 bridgehead atoms.